The minimum atomic E-state index is -3.70. The quantitative estimate of drug-likeness (QED) is 0.890. The zero-order chi connectivity index (χ0) is 14.6. The first-order valence-electron chi connectivity index (χ1n) is 6.00. The van der Waals surface area contributed by atoms with Crippen molar-refractivity contribution in [3.05, 3.63) is 47.6 Å². The van der Waals surface area contributed by atoms with E-state index in [1.807, 2.05) is 6.92 Å². The summed E-state index contributed by atoms with van der Waals surface area (Å²) in [7, 11) is -3.70. The zero-order valence-corrected chi connectivity index (χ0v) is 12.4. The summed E-state index contributed by atoms with van der Waals surface area (Å²) in [6.07, 6.45) is 1.54. The second-order valence-corrected chi connectivity index (χ2v) is 6.08. The smallest absolute Gasteiger partial charge is 0.265 e. The Morgan fingerprint density at radius 1 is 1.20 bits per heavy atom. The second kappa shape index (κ2) is 6.11. The zero-order valence-electron chi connectivity index (χ0n) is 10.8. The van der Waals surface area contributed by atoms with Crippen LogP contribution in [-0.4, -0.2) is 19.9 Å². The molecule has 0 amide bonds. The fourth-order valence-corrected chi connectivity index (χ4v) is 2.96. The summed E-state index contributed by atoms with van der Waals surface area (Å²) < 4.78 is 27.2. The van der Waals surface area contributed by atoms with E-state index in [1.54, 1.807) is 36.5 Å². The third-order valence-electron chi connectivity index (χ3n) is 2.50. The van der Waals surface area contributed by atoms with Gasteiger partial charge in [0.25, 0.3) is 10.0 Å². The maximum Gasteiger partial charge on any atom is 0.265 e. The van der Waals surface area contributed by atoms with E-state index < -0.39 is 10.0 Å². The number of hydrogen-bond acceptors (Lipinski definition) is 4. The first-order valence-corrected chi connectivity index (χ1v) is 7.86. The number of hydrogen-bond donors (Lipinski definition) is 2. The lowest BCUT2D eigenvalue weighted by Crippen LogP contribution is -2.16. The molecule has 0 atom stereocenters. The average molecular weight is 312 g/mol. The van der Waals surface area contributed by atoms with E-state index >= 15 is 0 Å². The summed E-state index contributed by atoms with van der Waals surface area (Å²) in [5, 5.41) is 3.47. The Labute approximate surface area is 123 Å². The van der Waals surface area contributed by atoms with E-state index in [9.17, 15) is 8.42 Å². The number of aromatic nitrogens is 1. The topological polar surface area (TPSA) is 71.1 Å². The molecule has 0 bridgehead atoms. The van der Waals surface area contributed by atoms with E-state index in [4.69, 9.17) is 11.6 Å². The Balaban J connectivity index is 2.33. The van der Waals surface area contributed by atoms with Crippen LogP contribution >= 0.6 is 11.6 Å². The van der Waals surface area contributed by atoms with Crippen molar-refractivity contribution in [2.75, 3.05) is 16.6 Å². The molecule has 2 rings (SSSR count). The van der Waals surface area contributed by atoms with Gasteiger partial charge in [-0.2, -0.15) is 0 Å². The third kappa shape index (κ3) is 3.40. The number of pyridine rings is 1. The number of sulfonamides is 1. The van der Waals surface area contributed by atoms with Crippen LogP contribution in [0.25, 0.3) is 0 Å². The van der Waals surface area contributed by atoms with Crippen molar-refractivity contribution in [2.24, 2.45) is 0 Å². The van der Waals surface area contributed by atoms with Gasteiger partial charge in [-0.1, -0.05) is 11.6 Å². The predicted molar refractivity (Wildman–Crippen MR) is 80.7 cm³/mol. The molecule has 0 aliphatic rings. The van der Waals surface area contributed by atoms with Crippen LogP contribution < -0.4 is 10.0 Å². The lowest BCUT2D eigenvalue weighted by Gasteiger charge is -2.12. The molecule has 7 heteroatoms. The molecule has 2 N–H and O–H groups in total. The molecule has 0 spiro atoms. The molecule has 1 aromatic heterocycles. The molecule has 0 unspecified atom stereocenters. The summed E-state index contributed by atoms with van der Waals surface area (Å²) in [6, 6.07) is 9.52. The first-order chi connectivity index (χ1) is 9.53. The third-order valence-corrected chi connectivity index (χ3v) is 4.17. The standard InChI is InChI=1S/C13H14ClN3O2S/c1-2-15-13-12(4-3-9-16-13)20(18,19)17-11-7-5-10(14)6-8-11/h3-9,17H,2H2,1H3,(H,15,16). The minimum Gasteiger partial charge on any atom is -0.369 e. The van der Waals surface area contributed by atoms with Crippen molar-refractivity contribution < 1.29 is 8.42 Å². The molecule has 1 aromatic carbocycles. The van der Waals surface area contributed by atoms with E-state index in [2.05, 4.69) is 15.0 Å². The maximum absolute atomic E-state index is 12.4. The number of nitrogens with one attached hydrogen (secondary N) is 2. The molecule has 0 saturated carbocycles. The molecule has 20 heavy (non-hydrogen) atoms. The Hall–Kier alpha value is -1.79. The molecule has 0 aliphatic heterocycles. The molecule has 5 nitrogen and oxygen atoms in total. The van der Waals surface area contributed by atoms with Crippen molar-refractivity contribution in [1.82, 2.24) is 4.98 Å². The molecule has 2 aromatic rings. The highest BCUT2D eigenvalue weighted by molar-refractivity contribution is 7.92. The van der Waals surface area contributed by atoms with Crippen LogP contribution in [0.2, 0.25) is 5.02 Å². The predicted octanol–water partition coefficient (Wildman–Crippen LogP) is 2.97. The summed E-state index contributed by atoms with van der Waals surface area (Å²) in [5.74, 6) is 0.330. The summed E-state index contributed by atoms with van der Waals surface area (Å²) in [6.45, 7) is 2.46. The van der Waals surface area contributed by atoms with Gasteiger partial charge in [-0.25, -0.2) is 13.4 Å². The Morgan fingerprint density at radius 2 is 1.90 bits per heavy atom. The van der Waals surface area contributed by atoms with Gasteiger partial charge in [-0.3, -0.25) is 4.72 Å². The highest BCUT2D eigenvalue weighted by Gasteiger charge is 2.19. The number of nitrogens with zero attached hydrogens (tertiary/aromatic N) is 1. The highest BCUT2D eigenvalue weighted by Crippen LogP contribution is 2.22. The Morgan fingerprint density at radius 3 is 2.55 bits per heavy atom. The van der Waals surface area contributed by atoms with Crippen LogP contribution in [0.1, 0.15) is 6.92 Å². The summed E-state index contributed by atoms with van der Waals surface area (Å²) in [5.41, 5.74) is 0.445. The highest BCUT2D eigenvalue weighted by atomic mass is 35.5. The molecule has 1 heterocycles. The van der Waals surface area contributed by atoms with Crippen LogP contribution in [0.4, 0.5) is 11.5 Å². The Bertz CT molecular complexity index is 687. The van der Waals surface area contributed by atoms with Gasteiger partial charge in [0, 0.05) is 23.5 Å². The molecule has 106 valence electrons. The van der Waals surface area contributed by atoms with Crippen LogP contribution in [0.5, 0.6) is 0 Å². The molecule has 0 aliphatic carbocycles. The van der Waals surface area contributed by atoms with E-state index in [0.29, 0.717) is 23.1 Å². The van der Waals surface area contributed by atoms with Crippen LogP contribution in [0.3, 0.4) is 0 Å². The minimum absolute atomic E-state index is 0.108. The van der Waals surface area contributed by atoms with Gasteiger partial charge < -0.3 is 5.32 Å². The number of anilines is 2. The van der Waals surface area contributed by atoms with Gasteiger partial charge in [0.15, 0.2) is 0 Å². The van der Waals surface area contributed by atoms with Gasteiger partial charge in [0.05, 0.1) is 0 Å². The second-order valence-electron chi connectivity index (χ2n) is 3.99. The van der Waals surface area contributed by atoms with Gasteiger partial charge >= 0.3 is 0 Å². The fourth-order valence-electron chi connectivity index (χ4n) is 1.64. The Kier molecular flexibility index (Phi) is 4.46. The van der Waals surface area contributed by atoms with Crippen LogP contribution in [0.15, 0.2) is 47.5 Å². The molecule has 0 saturated heterocycles. The van der Waals surface area contributed by atoms with E-state index in [-0.39, 0.29) is 4.90 Å². The van der Waals surface area contributed by atoms with Crippen molar-refractivity contribution in [3.8, 4) is 0 Å². The van der Waals surface area contributed by atoms with Crippen LogP contribution in [-0.2, 0) is 10.0 Å². The molecule has 0 fully saturated rings. The van der Waals surface area contributed by atoms with E-state index in [0.717, 1.165) is 0 Å². The lowest BCUT2D eigenvalue weighted by molar-refractivity contribution is 0.601. The maximum atomic E-state index is 12.4. The van der Waals surface area contributed by atoms with Gasteiger partial charge in [-0.05, 0) is 43.3 Å². The monoisotopic (exact) mass is 311 g/mol. The van der Waals surface area contributed by atoms with Crippen molar-refractivity contribution in [3.63, 3.8) is 0 Å². The normalized spacial score (nSPS) is 11.1. The van der Waals surface area contributed by atoms with Crippen molar-refractivity contribution in [1.29, 1.82) is 0 Å². The number of halogens is 1. The molecule has 0 radical (unpaired) electrons. The lowest BCUT2D eigenvalue weighted by atomic mass is 10.3. The first kappa shape index (κ1) is 14.6. The number of rotatable bonds is 5. The van der Waals surface area contributed by atoms with Gasteiger partial charge in [0.2, 0.25) is 0 Å². The summed E-state index contributed by atoms with van der Waals surface area (Å²) >= 11 is 5.77. The summed E-state index contributed by atoms with van der Waals surface area (Å²) in [4.78, 5) is 4.15. The largest absolute Gasteiger partial charge is 0.369 e. The number of benzene rings is 1. The van der Waals surface area contributed by atoms with Gasteiger partial charge in [-0.15, -0.1) is 0 Å². The van der Waals surface area contributed by atoms with Gasteiger partial charge in [0.1, 0.15) is 10.7 Å². The molecular weight excluding hydrogens is 298 g/mol. The van der Waals surface area contributed by atoms with Crippen molar-refractivity contribution >= 4 is 33.1 Å². The molecular formula is C13H14ClN3O2S. The average Bonchev–Trinajstić information content (AvgIpc) is 2.42. The SMILES string of the molecule is CCNc1ncccc1S(=O)(=O)Nc1ccc(Cl)cc1. The van der Waals surface area contributed by atoms with Crippen molar-refractivity contribution in [2.45, 2.75) is 11.8 Å². The fraction of sp³-hybridized carbons (Fsp3) is 0.154. The van der Waals surface area contributed by atoms with E-state index in [1.165, 1.54) is 6.07 Å². The van der Waals surface area contributed by atoms with Crippen LogP contribution in [0, 0.1) is 0 Å².